The van der Waals surface area contributed by atoms with E-state index in [-0.39, 0.29) is 11.8 Å². The Kier molecular flexibility index (Phi) is 4.85. The lowest BCUT2D eigenvalue weighted by Crippen LogP contribution is -2.40. The Labute approximate surface area is 166 Å². The van der Waals surface area contributed by atoms with Crippen molar-refractivity contribution < 1.29 is 4.79 Å². The van der Waals surface area contributed by atoms with Crippen molar-refractivity contribution in [2.75, 3.05) is 5.32 Å². The number of halogens is 1. The standard InChI is InChI=1S/C21H21BrN4O/c1-26-12-24-11-19(26)14-3-7-16(8-4-14)25-21(27)20(23)17-9-5-13-2-6-15(22)10-18(13)17/h2-4,6-8,10-12,17,20H,5,9,23H2,1H3,(H,25,27)/t17-,20+/m1/s1. The predicted molar refractivity (Wildman–Crippen MR) is 110 cm³/mol. The highest BCUT2D eigenvalue weighted by Gasteiger charge is 2.32. The smallest absolute Gasteiger partial charge is 0.241 e. The molecule has 0 unspecified atom stereocenters. The van der Waals surface area contributed by atoms with Crippen molar-refractivity contribution in [2.24, 2.45) is 12.8 Å². The number of aryl methyl sites for hydroxylation is 2. The van der Waals surface area contributed by atoms with Crippen LogP contribution in [0, 0.1) is 0 Å². The van der Waals surface area contributed by atoms with Crippen LogP contribution in [0.15, 0.2) is 59.5 Å². The predicted octanol–water partition coefficient (Wildman–Crippen LogP) is 3.85. The molecule has 1 aliphatic carbocycles. The number of benzene rings is 2. The van der Waals surface area contributed by atoms with Crippen LogP contribution in [0.3, 0.4) is 0 Å². The molecule has 3 N–H and O–H groups in total. The zero-order valence-electron chi connectivity index (χ0n) is 15.0. The van der Waals surface area contributed by atoms with Gasteiger partial charge < -0.3 is 15.6 Å². The molecule has 0 bridgehead atoms. The number of carbonyl (C=O) groups excluding carboxylic acids is 1. The second kappa shape index (κ2) is 7.29. The summed E-state index contributed by atoms with van der Waals surface area (Å²) in [5, 5.41) is 2.95. The molecule has 27 heavy (non-hydrogen) atoms. The molecule has 0 radical (unpaired) electrons. The zero-order valence-corrected chi connectivity index (χ0v) is 16.6. The summed E-state index contributed by atoms with van der Waals surface area (Å²) in [5.74, 6) is -0.104. The average Bonchev–Trinajstić information content (AvgIpc) is 3.27. The average molecular weight is 425 g/mol. The van der Waals surface area contributed by atoms with Crippen molar-refractivity contribution in [1.29, 1.82) is 0 Å². The van der Waals surface area contributed by atoms with E-state index in [1.807, 2.05) is 48.1 Å². The van der Waals surface area contributed by atoms with Crippen LogP contribution >= 0.6 is 15.9 Å². The monoisotopic (exact) mass is 424 g/mol. The van der Waals surface area contributed by atoms with E-state index in [0.29, 0.717) is 0 Å². The number of rotatable bonds is 4. The lowest BCUT2D eigenvalue weighted by molar-refractivity contribution is -0.117. The molecule has 0 aliphatic heterocycles. The number of hydrogen-bond acceptors (Lipinski definition) is 3. The lowest BCUT2D eigenvalue weighted by Gasteiger charge is -2.20. The maximum atomic E-state index is 12.7. The van der Waals surface area contributed by atoms with E-state index in [1.165, 1.54) is 11.1 Å². The third kappa shape index (κ3) is 3.55. The summed E-state index contributed by atoms with van der Waals surface area (Å²) in [7, 11) is 1.95. The third-order valence-corrected chi connectivity index (χ3v) is 5.73. The SMILES string of the molecule is Cn1cncc1-c1ccc(NC(=O)[C@@H](N)[C@@H]2CCc3ccc(Br)cc32)cc1. The van der Waals surface area contributed by atoms with Crippen LogP contribution in [-0.2, 0) is 18.3 Å². The molecule has 2 aromatic carbocycles. The van der Waals surface area contributed by atoms with Gasteiger partial charge in [0, 0.05) is 23.1 Å². The summed E-state index contributed by atoms with van der Waals surface area (Å²) in [5.41, 5.74) is 11.6. The Morgan fingerprint density at radius 2 is 2.07 bits per heavy atom. The van der Waals surface area contributed by atoms with Crippen molar-refractivity contribution >= 4 is 27.5 Å². The molecule has 0 saturated heterocycles. The van der Waals surface area contributed by atoms with Crippen molar-refractivity contribution in [2.45, 2.75) is 24.8 Å². The molecule has 0 saturated carbocycles. The van der Waals surface area contributed by atoms with Gasteiger partial charge >= 0.3 is 0 Å². The van der Waals surface area contributed by atoms with Crippen molar-refractivity contribution in [3.63, 3.8) is 0 Å². The topological polar surface area (TPSA) is 72.9 Å². The highest BCUT2D eigenvalue weighted by Crippen LogP contribution is 2.36. The van der Waals surface area contributed by atoms with Gasteiger partial charge in [0.15, 0.2) is 0 Å². The van der Waals surface area contributed by atoms with Crippen molar-refractivity contribution in [3.8, 4) is 11.3 Å². The molecule has 2 atom stereocenters. The van der Waals surface area contributed by atoms with Gasteiger partial charge in [-0.15, -0.1) is 0 Å². The summed E-state index contributed by atoms with van der Waals surface area (Å²) in [6, 6.07) is 13.4. The first-order valence-corrected chi connectivity index (χ1v) is 9.74. The number of aromatic nitrogens is 2. The van der Waals surface area contributed by atoms with Crippen LogP contribution in [0.25, 0.3) is 11.3 Å². The normalized spacial score (nSPS) is 16.8. The first-order chi connectivity index (χ1) is 13.0. The van der Waals surface area contributed by atoms with Gasteiger partial charge in [0.25, 0.3) is 0 Å². The molecule has 6 heteroatoms. The molecule has 138 valence electrons. The minimum Gasteiger partial charge on any atom is -0.334 e. The second-order valence-electron chi connectivity index (χ2n) is 6.97. The Morgan fingerprint density at radius 3 is 2.78 bits per heavy atom. The van der Waals surface area contributed by atoms with E-state index in [0.717, 1.165) is 34.3 Å². The molecular weight excluding hydrogens is 404 g/mol. The molecule has 0 spiro atoms. The summed E-state index contributed by atoms with van der Waals surface area (Å²) in [4.78, 5) is 16.8. The maximum Gasteiger partial charge on any atom is 0.241 e. The highest BCUT2D eigenvalue weighted by molar-refractivity contribution is 9.10. The number of nitrogens with one attached hydrogen (secondary N) is 1. The van der Waals surface area contributed by atoms with E-state index in [2.05, 4.69) is 38.4 Å². The first-order valence-electron chi connectivity index (χ1n) is 8.94. The Morgan fingerprint density at radius 1 is 1.30 bits per heavy atom. The zero-order chi connectivity index (χ0) is 19.0. The van der Waals surface area contributed by atoms with E-state index < -0.39 is 6.04 Å². The van der Waals surface area contributed by atoms with E-state index >= 15 is 0 Å². The Hall–Kier alpha value is -2.44. The number of carbonyl (C=O) groups is 1. The fraction of sp³-hybridized carbons (Fsp3) is 0.238. The third-order valence-electron chi connectivity index (χ3n) is 5.23. The van der Waals surface area contributed by atoms with Crippen LogP contribution in [0.1, 0.15) is 23.5 Å². The van der Waals surface area contributed by atoms with Gasteiger partial charge in [-0.05, 0) is 53.8 Å². The number of nitrogens with zero attached hydrogens (tertiary/aromatic N) is 2. The Balaban J connectivity index is 1.47. The van der Waals surface area contributed by atoms with Gasteiger partial charge in [-0.1, -0.05) is 34.1 Å². The molecule has 3 aromatic rings. The fourth-order valence-corrected chi connectivity index (χ4v) is 4.12. The van der Waals surface area contributed by atoms with E-state index in [4.69, 9.17) is 5.73 Å². The van der Waals surface area contributed by atoms with Gasteiger partial charge in [-0.3, -0.25) is 4.79 Å². The number of nitrogens with two attached hydrogens (primary N) is 1. The number of imidazole rings is 1. The van der Waals surface area contributed by atoms with Gasteiger partial charge in [0.2, 0.25) is 5.91 Å². The maximum absolute atomic E-state index is 12.7. The van der Waals surface area contributed by atoms with Crippen LogP contribution in [0.2, 0.25) is 0 Å². The van der Waals surface area contributed by atoms with E-state index in [1.54, 1.807) is 6.33 Å². The van der Waals surface area contributed by atoms with Crippen molar-refractivity contribution in [3.05, 3.63) is 70.6 Å². The van der Waals surface area contributed by atoms with Crippen molar-refractivity contribution in [1.82, 2.24) is 9.55 Å². The summed E-state index contributed by atoms with van der Waals surface area (Å²) >= 11 is 3.51. The molecule has 0 fully saturated rings. The molecular formula is C21H21BrN4O. The molecule has 1 aromatic heterocycles. The summed E-state index contributed by atoms with van der Waals surface area (Å²) in [6.45, 7) is 0. The number of anilines is 1. The molecule has 1 heterocycles. The fourth-order valence-electron chi connectivity index (χ4n) is 3.75. The summed E-state index contributed by atoms with van der Waals surface area (Å²) in [6.07, 6.45) is 5.45. The Bertz CT molecular complexity index is 980. The lowest BCUT2D eigenvalue weighted by atomic mass is 9.93. The molecule has 5 nitrogen and oxygen atoms in total. The number of hydrogen-bond donors (Lipinski definition) is 2. The summed E-state index contributed by atoms with van der Waals surface area (Å²) < 4.78 is 2.98. The van der Waals surface area contributed by atoms with E-state index in [9.17, 15) is 4.79 Å². The van der Waals surface area contributed by atoms with Gasteiger partial charge in [0.05, 0.1) is 24.3 Å². The minimum absolute atomic E-state index is 0.0474. The molecule has 4 rings (SSSR count). The molecule has 1 aliphatic rings. The van der Waals surface area contributed by atoms with Gasteiger partial charge in [-0.25, -0.2) is 4.98 Å². The van der Waals surface area contributed by atoms with Crippen LogP contribution in [0.4, 0.5) is 5.69 Å². The van der Waals surface area contributed by atoms with Crippen LogP contribution in [-0.4, -0.2) is 21.5 Å². The quantitative estimate of drug-likeness (QED) is 0.667. The van der Waals surface area contributed by atoms with Gasteiger partial charge in [0.1, 0.15) is 0 Å². The minimum atomic E-state index is -0.572. The largest absolute Gasteiger partial charge is 0.334 e. The van der Waals surface area contributed by atoms with Gasteiger partial charge in [-0.2, -0.15) is 0 Å². The number of fused-ring (bicyclic) bond motifs is 1. The highest BCUT2D eigenvalue weighted by atomic mass is 79.9. The van der Waals surface area contributed by atoms with Crippen LogP contribution < -0.4 is 11.1 Å². The second-order valence-corrected chi connectivity index (χ2v) is 7.89. The first kappa shape index (κ1) is 17.9. The van der Waals surface area contributed by atoms with Crippen LogP contribution in [0.5, 0.6) is 0 Å². The molecule has 1 amide bonds. The number of amides is 1.